The molecular formula is C25H19ClN2O3. The van der Waals surface area contributed by atoms with Crippen molar-refractivity contribution >= 4 is 29.0 Å². The lowest BCUT2D eigenvalue weighted by Gasteiger charge is -2.11. The predicted octanol–water partition coefficient (Wildman–Crippen LogP) is 5.80. The zero-order valence-electron chi connectivity index (χ0n) is 16.5. The molecule has 0 saturated carbocycles. The SMILES string of the molecule is O=C(CCc1ncc(-c2ccccc2)o1)Nc1ccc(Cl)cc1C(=O)c1ccccc1. The van der Waals surface area contributed by atoms with E-state index in [1.165, 1.54) is 0 Å². The summed E-state index contributed by atoms with van der Waals surface area (Å²) in [6.07, 6.45) is 2.16. The van der Waals surface area contributed by atoms with Gasteiger partial charge in [0.15, 0.2) is 17.4 Å². The Labute approximate surface area is 184 Å². The summed E-state index contributed by atoms with van der Waals surface area (Å²) in [4.78, 5) is 29.7. The van der Waals surface area contributed by atoms with Crippen LogP contribution < -0.4 is 5.32 Å². The van der Waals surface area contributed by atoms with Gasteiger partial charge < -0.3 is 9.73 Å². The van der Waals surface area contributed by atoms with Crippen molar-refractivity contribution in [2.45, 2.75) is 12.8 Å². The molecule has 154 valence electrons. The number of ketones is 1. The summed E-state index contributed by atoms with van der Waals surface area (Å²) < 4.78 is 5.74. The van der Waals surface area contributed by atoms with Crippen LogP contribution in [0.25, 0.3) is 11.3 Å². The minimum absolute atomic E-state index is 0.163. The molecule has 0 saturated heterocycles. The molecule has 1 amide bonds. The monoisotopic (exact) mass is 430 g/mol. The molecule has 6 heteroatoms. The number of nitrogens with one attached hydrogen (secondary N) is 1. The van der Waals surface area contributed by atoms with Crippen LogP contribution in [0.2, 0.25) is 5.02 Å². The first-order valence-electron chi connectivity index (χ1n) is 9.79. The van der Waals surface area contributed by atoms with Gasteiger partial charge in [0, 0.05) is 34.6 Å². The number of anilines is 1. The van der Waals surface area contributed by atoms with Crippen LogP contribution in [0.4, 0.5) is 5.69 Å². The number of hydrogen-bond donors (Lipinski definition) is 1. The van der Waals surface area contributed by atoms with Gasteiger partial charge in [0.05, 0.1) is 11.9 Å². The van der Waals surface area contributed by atoms with E-state index in [1.807, 2.05) is 36.4 Å². The van der Waals surface area contributed by atoms with Crippen molar-refractivity contribution < 1.29 is 14.0 Å². The van der Waals surface area contributed by atoms with Crippen LogP contribution >= 0.6 is 11.6 Å². The summed E-state index contributed by atoms with van der Waals surface area (Å²) in [5.74, 6) is 0.678. The van der Waals surface area contributed by atoms with Crippen LogP contribution in [-0.4, -0.2) is 16.7 Å². The fraction of sp³-hybridized carbons (Fsp3) is 0.0800. The zero-order valence-corrected chi connectivity index (χ0v) is 17.3. The highest BCUT2D eigenvalue weighted by molar-refractivity contribution is 6.31. The maximum Gasteiger partial charge on any atom is 0.224 e. The molecule has 1 aromatic heterocycles. The lowest BCUT2D eigenvalue weighted by molar-refractivity contribution is -0.116. The van der Waals surface area contributed by atoms with Crippen molar-refractivity contribution in [3.05, 3.63) is 107 Å². The van der Waals surface area contributed by atoms with Crippen LogP contribution in [0.15, 0.2) is 89.5 Å². The van der Waals surface area contributed by atoms with E-state index in [-0.39, 0.29) is 18.1 Å². The fourth-order valence-electron chi connectivity index (χ4n) is 3.15. The van der Waals surface area contributed by atoms with E-state index in [4.69, 9.17) is 16.0 Å². The number of carbonyl (C=O) groups is 2. The molecule has 1 heterocycles. The van der Waals surface area contributed by atoms with E-state index < -0.39 is 0 Å². The largest absolute Gasteiger partial charge is 0.441 e. The van der Waals surface area contributed by atoms with Crippen LogP contribution in [0.3, 0.4) is 0 Å². The van der Waals surface area contributed by atoms with Gasteiger partial charge >= 0.3 is 0 Å². The van der Waals surface area contributed by atoms with Crippen molar-refractivity contribution in [1.29, 1.82) is 0 Å². The second kappa shape index (κ2) is 9.41. The molecule has 0 unspecified atom stereocenters. The van der Waals surface area contributed by atoms with E-state index in [0.29, 0.717) is 39.9 Å². The number of hydrogen-bond acceptors (Lipinski definition) is 4. The number of rotatable bonds is 7. The molecule has 4 rings (SSSR count). The molecule has 0 fully saturated rings. The van der Waals surface area contributed by atoms with Crippen molar-refractivity contribution in [2.75, 3.05) is 5.32 Å². The standard InChI is InChI=1S/C25H19ClN2O3/c26-19-11-12-21(20(15-19)25(30)18-9-5-2-6-10-18)28-23(29)13-14-24-27-16-22(31-24)17-7-3-1-4-8-17/h1-12,15-16H,13-14H2,(H,28,29). The van der Waals surface area contributed by atoms with Crippen LogP contribution in [-0.2, 0) is 11.2 Å². The number of oxazole rings is 1. The highest BCUT2D eigenvalue weighted by Gasteiger charge is 2.16. The summed E-state index contributed by atoms with van der Waals surface area (Å²) in [6, 6.07) is 23.3. The molecule has 1 N–H and O–H groups in total. The van der Waals surface area contributed by atoms with Gasteiger partial charge in [-0.15, -0.1) is 0 Å². The lowest BCUT2D eigenvalue weighted by atomic mass is 10.0. The Morgan fingerprint density at radius 2 is 1.65 bits per heavy atom. The van der Waals surface area contributed by atoms with Gasteiger partial charge in [0.1, 0.15) is 0 Å². The van der Waals surface area contributed by atoms with Crippen LogP contribution in [0.1, 0.15) is 28.2 Å². The summed E-state index contributed by atoms with van der Waals surface area (Å²) in [7, 11) is 0. The van der Waals surface area contributed by atoms with Gasteiger partial charge in [-0.3, -0.25) is 9.59 Å². The molecule has 0 radical (unpaired) electrons. The summed E-state index contributed by atoms with van der Waals surface area (Å²) >= 11 is 6.09. The highest BCUT2D eigenvalue weighted by atomic mass is 35.5. The molecule has 5 nitrogen and oxygen atoms in total. The molecule has 0 spiro atoms. The van der Waals surface area contributed by atoms with Crippen molar-refractivity contribution in [3.63, 3.8) is 0 Å². The van der Waals surface area contributed by atoms with E-state index in [9.17, 15) is 9.59 Å². The highest BCUT2D eigenvalue weighted by Crippen LogP contribution is 2.24. The third-order valence-electron chi connectivity index (χ3n) is 4.71. The maximum absolute atomic E-state index is 12.9. The number of carbonyl (C=O) groups excluding carboxylic acids is 2. The first-order valence-corrected chi connectivity index (χ1v) is 10.2. The third-order valence-corrected chi connectivity index (χ3v) is 4.95. The van der Waals surface area contributed by atoms with Crippen LogP contribution in [0, 0.1) is 0 Å². The van der Waals surface area contributed by atoms with Gasteiger partial charge in [-0.1, -0.05) is 72.3 Å². The molecule has 0 atom stereocenters. The Morgan fingerprint density at radius 1 is 0.935 bits per heavy atom. The molecule has 0 bridgehead atoms. The predicted molar refractivity (Wildman–Crippen MR) is 120 cm³/mol. The molecule has 3 aromatic carbocycles. The van der Waals surface area contributed by atoms with Gasteiger partial charge in [-0.25, -0.2) is 4.98 Å². The van der Waals surface area contributed by atoms with E-state index in [2.05, 4.69) is 10.3 Å². The number of aromatic nitrogens is 1. The molecule has 4 aromatic rings. The van der Waals surface area contributed by atoms with Gasteiger partial charge in [-0.05, 0) is 18.2 Å². The fourth-order valence-corrected chi connectivity index (χ4v) is 3.33. The average molecular weight is 431 g/mol. The van der Waals surface area contributed by atoms with Gasteiger partial charge in [0.2, 0.25) is 5.91 Å². The van der Waals surface area contributed by atoms with Gasteiger partial charge in [0.25, 0.3) is 0 Å². The Bertz CT molecular complexity index is 1200. The number of amides is 1. The first kappa shape index (κ1) is 20.6. The quantitative estimate of drug-likeness (QED) is 0.376. The molecule has 31 heavy (non-hydrogen) atoms. The Kier molecular flexibility index (Phi) is 6.24. The lowest BCUT2D eigenvalue weighted by Crippen LogP contribution is -2.15. The smallest absolute Gasteiger partial charge is 0.224 e. The minimum atomic E-state index is -0.246. The van der Waals surface area contributed by atoms with Crippen LogP contribution in [0.5, 0.6) is 0 Å². The Morgan fingerprint density at radius 3 is 2.39 bits per heavy atom. The van der Waals surface area contributed by atoms with Crippen molar-refractivity contribution in [3.8, 4) is 11.3 Å². The number of halogens is 1. The first-order chi connectivity index (χ1) is 15.1. The Hall–Kier alpha value is -3.70. The molecule has 0 aliphatic heterocycles. The zero-order chi connectivity index (χ0) is 21.6. The van der Waals surface area contributed by atoms with E-state index in [0.717, 1.165) is 5.56 Å². The van der Waals surface area contributed by atoms with Crippen molar-refractivity contribution in [2.24, 2.45) is 0 Å². The van der Waals surface area contributed by atoms with E-state index >= 15 is 0 Å². The Balaban J connectivity index is 1.43. The maximum atomic E-state index is 12.9. The molecule has 0 aliphatic rings. The molecular weight excluding hydrogens is 412 g/mol. The summed E-state index contributed by atoms with van der Waals surface area (Å²) in [5.41, 5.74) is 2.21. The van der Waals surface area contributed by atoms with Crippen molar-refractivity contribution in [1.82, 2.24) is 4.98 Å². The minimum Gasteiger partial charge on any atom is -0.441 e. The van der Waals surface area contributed by atoms with Gasteiger partial charge in [-0.2, -0.15) is 0 Å². The second-order valence-electron chi connectivity index (χ2n) is 6.92. The number of aryl methyl sites for hydroxylation is 1. The second-order valence-corrected chi connectivity index (χ2v) is 7.35. The summed E-state index contributed by atoms with van der Waals surface area (Å²) in [5, 5.41) is 3.23. The summed E-state index contributed by atoms with van der Waals surface area (Å²) in [6.45, 7) is 0. The van der Waals surface area contributed by atoms with E-state index in [1.54, 1.807) is 48.7 Å². The topological polar surface area (TPSA) is 72.2 Å². The molecule has 0 aliphatic carbocycles. The normalized spacial score (nSPS) is 10.6. The average Bonchev–Trinajstić information content (AvgIpc) is 3.29. The number of benzene rings is 3. The number of nitrogens with zero attached hydrogens (tertiary/aromatic N) is 1. The third kappa shape index (κ3) is 5.08.